The van der Waals surface area contributed by atoms with Crippen LogP contribution in [0.15, 0.2) is 18.2 Å². The fourth-order valence-electron chi connectivity index (χ4n) is 3.89. The molecule has 0 aromatic heterocycles. The monoisotopic (exact) mass is 288 g/mol. The Bertz CT molecular complexity index is 484. The minimum Gasteiger partial charge on any atom is -0.481 e. The molecule has 1 fully saturated rings. The summed E-state index contributed by atoms with van der Waals surface area (Å²) in [4.78, 5) is 11.6. The lowest BCUT2D eigenvalue weighted by Crippen LogP contribution is -2.33. The van der Waals surface area contributed by atoms with E-state index in [1.807, 2.05) is 0 Å². The zero-order chi connectivity index (χ0) is 15.6. The van der Waals surface area contributed by atoms with Crippen LogP contribution in [0.3, 0.4) is 0 Å². The van der Waals surface area contributed by atoms with Gasteiger partial charge in [0.25, 0.3) is 0 Å². The van der Waals surface area contributed by atoms with E-state index >= 15 is 0 Å². The van der Waals surface area contributed by atoms with Gasteiger partial charge in [-0.3, -0.25) is 4.79 Å². The maximum atomic E-state index is 11.6. The molecule has 0 radical (unpaired) electrons. The largest absolute Gasteiger partial charge is 0.481 e. The second kappa shape index (κ2) is 6.64. The summed E-state index contributed by atoms with van der Waals surface area (Å²) < 4.78 is 0. The van der Waals surface area contributed by atoms with Crippen molar-refractivity contribution in [2.75, 3.05) is 0 Å². The van der Waals surface area contributed by atoms with Crippen molar-refractivity contribution < 1.29 is 9.90 Å². The molecule has 2 rings (SSSR count). The molecule has 1 aromatic rings. The van der Waals surface area contributed by atoms with Gasteiger partial charge in [-0.1, -0.05) is 32.0 Å². The van der Waals surface area contributed by atoms with Crippen molar-refractivity contribution in [3.8, 4) is 0 Å². The molecule has 0 bridgehead atoms. The van der Waals surface area contributed by atoms with Crippen molar-refractivity contribution in [1.82, 2.24) is 0 Å². The Morgan fingerprint density at radius 1 is 1.24 bits per heavy atom. The zero-order valence-electron chi connectivity index (χ0n) is 13.7. The maximum absolute atomic E-state index is 11.6. The second-order valence-electron chi connectivity index (χ2n) is 7.10. The first kappa shape index (κ1) is 16.1. The molecule has 3 atom stereocenters. The van der Waals surface area contributed by atoms with Gasteiger partial charge in [0.2, 0.25) is 0 Å². The van der Waals surface area contributed by atoms with Gasteiger partial charge in [-0.25, -0.2) is 0 Å². The summed E-state index contributed by atoms with van der Waals surface area (Å²) in [5, 5.41) is 9.55. The zero-order valence-corrected chi connectivity index (χ0v) is 13.7. The number of carboxylic acids is 1. The molecule has 1 saturated carbocycles. The Balaban J connectivity index is 2.22. The van der Waals surface area contributed by atoms with Crippen molar-refractivity contribution in [1.29, 1.82) is 0 Å². The molecule has 0 amide bonds. The average molecular weight is 288 g/mol. The topological polar surface area (TPSA) is 37.3 Å². The lowest BCUT2D eigenvalue weighted by molar-refractivity contribution is -0.145. The summed E-state index contributed by atoms with van der Waals surface area (Å²) >= 11 is 0. The summed E-state index contributed by atoms with van der Waals surface area (Å²) in [5.41, 5.74) is 3.95. The molecular weight excluding hydrogens is 260 g/mol. The van der Waals surface area contributed by atoms with Crippen LogP contribution in [-0.4, -0.2) is 11.1 Å². The highest BCUT2D eigenvalue weighted by Gasteiger charge is 2.36. The maximum Gasteiger partial charge on any atom is 0.306 e. The van der Waals surface area contributed by atoms with Crippen LogP contribution in [0.25, 0.3) is 0 Å². The van der Waals surface area contributed by atoms with Gasteiger partial charge in [-0.2, -0.15) is 0 Å². The molecule has 1 N–H and O–H groups in total. The highest BCUT2D eigenvalue weighted by Crippen LogP contribution is 2.40. The number of carboxylic acid groups (broad SMARTS) is 1. The number of aryl methyl sites for hydroxylation is 2. The fourth-order valence-corrected chi connectivity index (χ4v) is 3.89. The predicted molar refractivity (Wildman–Crippen MR) is 86.4 cm³/mol. The number of rotatable bonds is 4. The van der Waals surface area contributed by atoms with Crippen LogP contribution >= 0.6 is 0 Å². The first-order chi connectivity index (χ1) is 9.90. The number of benzene rings is 1. The number of hydrogen-bond donors (Lipinski definition) is 1. The van der Waals surface area contributed by atoms with E-state index in [9.17, 15) is 9.90 Å². The highest BCUT2D eigenvalue weighted by molar-refractivity contribution is 5.70. The van der Waals surface area contributed by atoms with E-state index in [-0.39, 0.29) is 11.8 Å². The third-order valence-electron chi connectivity index (χ3n) is 5.39. The van der Waals surface area contributed by atoms with Gasteiger partial charge in [-0.15, -0.1) is 0 Å². The predicted octanol–water partition coefficient (Wildman–Crippen LogP) is 4.62. The Morgan fingerprint density at radius 3 is 2.38 bits per heavy atom. The quantitative estimate of drug-likeness (QED) is 0.877. The minimum absolute atomic E-state index is 0.168. The molecule has 2 heteroatoms. The van der Waals surface area contributed by atoms with Crippen LogP contribution in [0.2, 0.25) is 0 Å². The summed E-state index contributed by atoms with van der Waals surface area (Å²) in [6.45, 7) is 8.81. The van der Waals surface area contributed by atoms with Crippen LogP contribution in [0.4, 0.5) is 0 Å². The molecule has 3 unspecified atom stereocenters. The number of carbonyl (C=O) groups is 1. The normalized spacial score (nSPS) is 26.0. The molecule has 21 heavy (non-hydrogen) atoms. The smallest absolute Gasteiger partial charge is 0.306 e. The van der Waals surface area contributed by atoms with Crippen molar-refractivity contribution in [3.63, 3.8) is 0 Å². The van der Waals surface area contributed by atoms with E-state index < -0.39 is 5.97 Å². The van der Waals surface area contributed by atoms with Crippen molar-refractivity contribution in [2.45, 2.75) is 53.4 Å². The van der Waals surface area contributed by atoms with Crippen molar-refractivity contribution in [3.05, 3.63) is 34.9 Å². The van der Waals surface area contributed by atoms with Gasteiger partial charge in [0.05, 0.1) is 5.92 Å². The third-order valence-corrected chi connectivity index (χ3v) is 5.39. The van der Waals surface area contributed by atoms with Crippen molar-refractivity contribution in [2.24, 2.45) is 23.7 Å². The summed E-state index contributed by atoms with van der Waals surface area (Å²) in [7, 11) is 0. The molecule has 0 spiro atoms. The molecular formula is C19H28O2. The fraction of sp³-hybridized carbons (Fsp3) is 0.632. The lowest BCUT2D eigenvalue weighted by Gasteiger charge is -2.36. The lowest BCUT2D eigenvalue weighted by atomic mass is 9.68. The van der Waals surface area contributed by atoms with Crippen molar-refractivity contribution >= 4 is 5.97 Å². The van der Waals surface area contributed by atoms with E-state index in [2.05, 4.69) is 45.9 Å². The minimum atomic E-state index is -0.603. The van der Waals surface area contributed by atoms with Gasteiger partial charge in [-0.05, 0) is 74.0 Å². The van der Waals surface area contributed by atoms with Gasteiger partial charge >= 0.3 is 5.97 Å². The number of hydrogen-bond acceptors (Lipinski definition) is 1. The van der Waals surface area contributed by atoms with Gasteiger partial charge in [0.15, 0.2) is 0 Å². The van der Waals surface area contributed by atoms with Crippen LogP contribution in [0, 0.1) is 37.5 Å². The molecule has 116 valence electrons. The Labute approximate surface area is 128 Å². The molecule has 1 aromatic carbocycles. The van der Waals surface area contributed by atoms with Crippen LogP contribution in [-0.2, 0) is 11.2 Å². The SMILES string of the molecule is Cc1cccc(C)c1CC1CC(C(C)C)CCC1C(=O)O. The Hall–Kier alpha value is -1.31. The molecule has 0 saturated heterocycles. The third kappa shape index (κ3) is 3.66. The Kier molecular flexibility index (Phi) is 5.08. The average Bonchev–Trinajstić information content (AvgIpc) is 2.42. The molecule has 1 aliphatic carbocycles. The Morgan fingerprint density at radius 2 is 1.86 bits per heavy atom. The van der Waals surface area contributed by atoms with E-state index in [1.54, 1.807) is 0 Å². The molecule has 1 aliphatic rings. The van der Waals surface area contributed by atoms with Gasteiger partial charge in [0, 0.05) is 0 Å². The second-order valence-corrected chi connectivity index (χ2v) is 7.10. The van der Waals surface area contributed by atoms with Gasteiger partial charge < -0.3 is 5.11 Å². The van der Waals surface area contributed by atoms with Crippen LogP contribution in [0.1, 0.15) is 49.8 Å². The summed E-state index contributed by atoms with van der Waals surface area (Å²) in [5.74, 6) is 0.839. The van der Waals surface area contributed by atoms with E-state index in [4.69, 9.17) is 0 Å². The van der Waals surface area contributed by atoms with E-state index in [1.165, 1.54) is 16.7 Å². The van der Waals surface area contributed by atoms with Gasteiger partial charge in [0.1, 0.15) is 0 Å². The first-order valence-corrected chi connectivity index (χ1v) is 8.18. The molecule has 0 heterocycles. The molecule has 0 aliphatic heterocycles. The highest BCUT2D eigenvalue weighted by atomic mass is 16.4. The van der Waals surface area contributed by atoms with Crippen LogP contribution < -0.4 is 0 Å². The summed E-state index contributed by atoms with van der Waals surface area (Å²) in [6.07, 6.45) is 3.88. The standard InChI is InChI=1S/C19H28O2/c1-12(2)15-8-9-17(19(20)21)16(10-15)11-18-13(3)6-5-7-14(18)4/h5-7,12,15-17H,8-11H2,1-4H3,(H,20,21). The molecule has 2 nitrogen and oxygen atoms in total. The first-order valence-electron chi connectivity index (χ1n) is 8.18. The number of aliphatic carboxylic acids is 1. The summed E-state index contributed by atoms with van der Waals surface area (Å²) in [6, 6.07) is 6.36. The van der Waals surface area contributed by atoms with E-state index in [0.717, 1.165) is 25.7 Å². The van der Waals surface area contributed by atoms with Crippen LogP contribution in [0.5, 0.6) is 0 Å². The van der Waals surface area contributed by atoms with E-state index in [0.29, 0.717) is 11.8 Å².